The van der Waals surface area contributed by atoms with E-state index in [1.807, 2.05) is 0 Å². The molecular formula is C8H19NO2. The summed E-state index contributed by atoms with van der Waals surface area (Å²) in [5.41, 5.74) is 0. The highest BCUT2D eigenvalue weighted by Gasteiger charge is 2.05. The third-order valence-corrected chi connectivity index (χ3v) is 1.40. The van der Waals surface area contributed by atoms with Gasteiger partial charge in [-0.05, 0) is 13.8 Å². The summed E-state index contributed by atoms with van der Waals surface area (Å²) in [4.78, 5) is 0. The first-order valence-corrected chi connectivity index (χ1v) is 3.94. The third-order valence-electron chi connectivity index (χ3n) is 1.40. The predicted molar refractivity (Wildman–Crippen MR) is 45.8 cm³/mol. The van der Waals surface area contributed by atoms with Crippen molar-refractivity contribution < 1.29 is 9.47 Å². The topological polar surface area (TPSA) is 30.5 Å². The Morgan fingerprint density at radius 2 is 1.36 bits per heavy atom. The smallest absolute Gasteiger partial charge is 0.0613 e. The largest absolute Gasteiger partial charge is 0.383 e. The van der Waals surface area contributed by atoms with Crippen LogP contribution in [0.1, 0.15) is 13.8 Å². The number of rotatable bonds is 6. The molecule has 0 unspecified atom stereocenters. The molecular weight excluding hydrogens is 142 g/mol. The molecule has 0 heterocycles. The molecule has 11 heavy (non-hydrogen) atoms. The molecule has 0 saturated heterocycles. The monoisotopic (exact) mass is 161 g/mol. The minimum absolute atomic E-state index is 0.394. The molecule has 3 nitrogen and oxygen atoms in total. The fourth-order valence-electron chi connectivity index (χ4n) is 1.08. The average molecular weight is 161 g/mol. The van der Waals surface area contributed by atoms with Gasteiger partial charge in [-0.2, -0.15) is 0 Å². The number of hydrogen-bond donors (Lipinski definition) is 1. The van der Waals surface area contributed by atoms with Gasteiger partial charge >= 0.3 is 0 Å². The summed E-state index contributed by atoms with van der Waals surface area (Å²) in [7, 11) is 3.42. The summed E-state index contributed by atoms with van der Waals surface area (Å²) >= 11 is 0. The van der Waals surface area contributed by atoms with Gasteiger partial charge in [0.2, 0.25) is 0 Å². The SMILES string of the molecule is COC[C@@H](C)N[C@H](C)COC. The second-order valence-corrected chi connectivity index (χ2v) is 2.88. The maximum atomic E-state index is 4.98. The van der Waals surface area contributed by atoms with Gasteiger partial charge in [-0.3, -0.25) is 0 Å². The second kappa shape index (κ2) is 6.58. The first-order valence-electron chi connectivity index (χ1n) is 3.94. The van der Waals surface area contributed by atoms with Crippen molar-refractivity contribution in [1.82, 2.24) is 5.32 Å². The molecule has 3 heteroatoms. The Morgan fingerprint density at radius 3 is 1.64 bits per heavy atom. The summed E-state index contributed by atoms with van der Waals surface area (Å²) in [6.45, 7) is 5.67. The number of ether oxygens (including phenoxy) is 2. The number of hydrogen-bond acceptors (Lipinski definition) is 3. The van der Waals surface area contributed by atoms with Crippen LogP contribution in [0.2, 0.25) is 0 Å². The van der Waals surface area contributed by atoms with E-state index in [1.165, 1.54) is 0 Å². The molecule has 0 aliphatic carbocycles. The maximum Gasteiger partial charge on any atom is 0.0613 e. The molecule has 0 fully saturated rings. The van der Waals surface area contributed by atoms with Crippen LogP contribution < -0.4 is 5.32 Å². The van der Waals surface area contributed by atoms with Crippen molar-refractivity contribution in [1.29, 1.82) is 0 Å². The van der Waals surface area contributed by atoms with Crippen LogP contribution in [0.3, 0.4) is 0 Å². The van der Waals surface area contributed by atoms with E-state index in [-0.39, 0.29) is 0 Å². The van der Waals surface area contributed by atoms with Crippen LogP contribution in [0.25, 0.3) is 0 Å². The van der Waals surface area contributed by atoms with Gasteiger partial charge in [-0.15, -0.1) is 0 Å². The lowest BCUT2D eigenvalue weighted by molar-refractivity contribution is 0.139. The van der Waals surface area contributed by atoms with E-state index in [9.17, 15) is 0 Å². The Kier molecular flexibility index (Phi) is 6.51. The first-order chi connectivity index (χ1) is 5.20. The van der Waals surface area contributed by atoms with Crippen molar-refractivity contribution in [2.75, 3.05) is 27.4 Å². The van der Waals surface area contributed by atoms with Crippen LogP contribution in [0.4, 0.5) is 0 Å². The Labute approximate surface area is 69.1 Å². The lowest BCUT2D eigenvalue weighted by Gasteiger charge is -2.18. The molecule has 0 aliphatic heterocycles. The Bertz CT molecular complexity index is 78.2. The van der Waals surface area contributed by atoms with Crippen molar-refractivity contribution in [3.8, 4) is 0 Å². The lowest BCUT2D eigenvalue weighted by atomic mass is 10.3. The average Bonchev–Trinajstić information content (AvgIpc) is 1.87. The van der Waals surface area contributed by atoms with E-state index < -0.39 is 0 Å². The van der Waals surface area contributed by atoms with Crippen LogP contribution in [0.5, 0.6) is 0 Å². The molecule has 0 bridgehead atoms. The quantitative estimate of drug-likeness (QED) is 0.620. The van der Waals surface area contributed by atoms with Crippen LogP contribution in [0, 0.1) is 0 Å². The Balaban J connectivity index is 3.32. The molecule has 0 aromatic carbocycles. The molecule has 0 amide bonds. The molecule has 2 atom stereocenters. The van der Waals surface area contributed by atoms with Gasteiger partial charge in [0.15, 0.2) is 0 Å². The molecule has 1 N–H and O–H groups in total. The summed E-state index contributed by atoms with van der Waals surface area (Å²) in [6, 6.07) is 0.787. The molecule has 0 aliphatic rings. The van der Waals surface area contributed by atoms with E-state index >= 15 is 0 Å². The van der Waals surface area contributed by atoms with E-state index in [4.69, 9.17) is 9.47 Å². The van der Waals surface area contributed by atoms with E-state index in [0.717, 1.165) is 13.2 Å². The first kappa shape index (κ1) is 10.9. The van der Waals surface area contributed by atoms with E-state index in [2.05, 4.69) is 19.2 Å². The molecule has 0 radical (unpaired) electrons. The summed E-state index contributed by atoms with van der Waals surface area (Å²) in [5, 5.41) is 3.33. The lowest BCUT2D eigenvalue weighted by Crippen LogP contribution is -2.39. The predicted octanol–water partition coefficient (Wildman–Crippen LogP) is 0.646. The van der Waals surface area contributed by atoms with Crippen molar-refractivity contribution in [3.63, 3.8) is 0 Å². The minimum atomic E-state index is 0.394. The standard InChI is InChI=1S/C8H19NO2/c1-7(5-10-3)9-8(2)6-11-4/h7-9H,5-6H2,1-4H3/t7-,8-/m1/s1. The summed E-state index contributed by atoms with van der Waals surface area (Å²) in [6.07, 6.45) is 0. The van der Waals surface area contributed by atoms with Crippen LogP contribution in [-0.4, -0.2) is 39.5 Å². The van der Waals surface area contributed by atoms with Crippen LogP contribution in [-0.2, 0) is 9.47 Å². The normalized spacial score (nSPS) is 16.4. The van der Waals surface area contributed by atoms with Crippen LogP contribution in [0.15, 0.2) is 0 Å². The van der Waals surface area contributed by atoms with Crippen molar-refractivity contribution in [3.05, 3.63) is 0 Å². The second-order valence-electron chi connectivity index (χ2n) is 2.88. The maximum absolute atomic E-state index is 4.98. The zero-order valence-electron chi connectivity index (χ0n) is 7.89. The Morgan fingerprint density at radius 1 is 1.00 bits per heavy atom. The minimum Gasteiger partial charge on any atom is -0.383 e. The van der Waals surface area contributed by atoms with Crippen molar-refractivity contribution in [2.45, 2.75) is 25.9 Å². The van der Waals surface area contributed by atoms with Crippen LogP contribution >= 0.6 is 0 Å². The Hall–Kier alpha value is -0.120. The van der Waals surface area contributed by atoms with Gasteiger partial charge in [0, 0.05) is 26.3 Å². The number of nitrogens with one attached hydrogen (secondary N) is 1. The zero-order chi connectivity index (χ0) is 8.69. The molecule has 0 saturated carbocycles. The molecule has 0 aromatic heterocycles. The van der Waals surface area contributed by atoms with E-state index in [0.29, 0.717) is 12.1 Å². The van der Waals surface area contributed by atoms with Crippen molar-refractivity contribution in [2.24, 2.45) is 0 Å². The highest BCUT2D eigenvalue weighted by Crippen LogP contribution is 1.88. The van der Waals surface area contributed by atoms with E-state index in [1.54, 1.807) is 14.2 Å². The zero-order valence-corrected chi connectivity index (χ0v) is 7.89. The summed E-state index contributed by atoms with van der Waals surface area (Å²) in [5.74, 6) is 0. The molecule has 0 rings (SSSR count). The number of methoxy groups -OCH3 is 2. The van der Waals surface area contributed by atoms with Gasteiger partial charge in [-0.25, -0.2) is 0 Å². The highest BCUT2D eigenvalue weighted by atomic mass is 16.5. The van der Waals surface area contributed by atoms with Gasteiger partial charge < -0.3 is 14.8 Å². The fraction of sp³-hybridized carbons (Fsp3) is 1.00. The highest BCUT2D eigenvalue weighted by molar-refractivity contribution is 4.65. The molecule has 68 valence electrons. The van der Waals surface area contributed by atoms with Gasteiger partial charge in [0.05, 0.1) is 13.2 Å². The third kappa shape index (κ3) is 6.28. The molecule has 0 aromatic rings. The molecule has 0 spiro atoms. The van der Waals surface area contributed by atoms with Gasteiger partial charge in [0.1, 0.15) is 0 Å². The summed E-state index contributed by atoms with van der Waals surface area (Å²) < 4.78 is 9.96. The van der Waals surface area contributed by atoms with Crippen molar-refractivity contribution >= 4 is 0 Å². The van der Waals surface area contributed by atoms with Gasteiger partial charge in [-0.1, -0.05) is 0 Å². The van der Waals surface area contributed by atoms with Gasteiger partial charge in [0.25, 0.3) is 0 Å². The fourth-order valence-corrected chi connectivity index (χ4v) is 1.08.